The second kappa shape index (κ2) is 8.58. The number of allylic oxidation sites excluding steroid dienone is 1. The Balaban J connectivity index is 2.76. The van der Waals surface area contributed by atoms with E-state index in [1.807, 2.05) is 30.3 Å². The molecule has 112 valence electrons. The Labute approximate surface area is 123 Å². The van der Waals surface area contributed by atoms with Gasteiger partial charge in [-0.2, -0.15) is 0 Å². The van der Waals surface area contributed by atoms with Crippen LogP contribution in [-0.4, -0.2) is 23.7 Å². The average molecular weight is 289 g/mol. The minimum Gasteiger partial charge on any atom is -0.478 e. The number of rotatable bonds is 7. The van der Waals surface area contributed by atoms with Crippen molar-refractivity contribution in [1.82, 2.24) is 5.32 Å². The van der Waals surface area contributed by atoms with E-state index >= 15 is 0 Å². The molecule has 0 heterocycles. The van der Waals surface area contributed by atoms with E-state index in [1.165, 1.54) is 6.08 Å². The van der Waals surface area contributed by atoms with Crippen molar-refractivity contribution >= 4 is 11.9 Å². The summed E-state index contributed by atoms with van der Waals surface area (Å²) in [6.45, 7) is 4.10. The SMILES string of the molecule is CCOC(=O)C=CC(C(=O)O)=C(C)NCc1ccccc1. The molecule has 0 bridgehead atoms. The van der Waals surface area contributed by atoms with Crippen LogP contribution in [0.25, 0.3) is 0 Å². The number of carbonyl (C=O) groups excluding carboxylic acids is 1. The zero-order chi connectivity index (χ0) is 15.7. The van der Waals surface area contributed by atoms with Crippen LogP contribution >= 0.6 is 0 Å². The molecule has 0 fully saturated rings. The third kappa shape index (κ3) is 5.95. The summed E-state index contributed by atoms with van der Waals surface area (Å²) >= 11 is 0. The predicted octanol–water partition coefficient (Wildman–Crippen LogP) is 2.25. The van der Waals surface area contributed by atoms with Crippen molar-refractivity contribution in [3.8, 4) is 0 Å². The van der Waals surface area contributed by atoms with Crippen LogP contribution in [-0.2, 0) is 20.9 Å². The number of nitrogens with one attached hydrogen (secondary N) is 1. The molecule has 0 aromatic heterocycles. The Bertz CT molecular complexity index is 547. The molecule has 0 aliphatic rings. The molecule has 0 amide bonds. The number of hydrogen-bond donors (Lipinski definition) is 2. The lowest BCUT2D eigenvalue weighted by atomic mass is 10.1. The van der Waals surface area contributed by atoms with Crippen LogP contribution in [0.5, 0.6) is 0 Å². The number of aliphatic carboxylic acids is 1. The molecule has 21 heavy (non-hydrogen) atoms. The topological polar surface area (TPSA) is 75.6 Å². The number of ether oxygens (including phenoxy) is 1. The molecule has 0 atom stereocenters. The highest BCUT2D eigenvalue weighted by atomic mass is 16.5. The van der Waals surface area contributed by atoms with Gasteiger partial charge in [0, 0.05) is 18.3 Å². The lowest BCUT2D eigenvalue weighted by Crippen LogP contribution is -2.15. The van der Waals surface area contributed by atoms with Crippen LogP contribution in [0.15, 0.2) is 53.8 Å². The lowest BCUT2D eigenvalue weighted by Gasteiger charge is -2.09. The monoisotopic (exact) mass is 289 g/mol. The third-order valence-corrected chi connectivity index (χ3v) is 2.71. The van der Waals surface area contributed by atoms with E-state index in [2.05, 4.69) is 5.32 Å². The van der Waals surface area contributed by atoms with Crippen molar-refractivity contribution < 1.29 is 19.4 Å². The molecule has 0 spiro atoms. The summed E-state index contributed by atoms with van der Waals surface area (Å²) in [4.78, 5) is 22.4. The van der Waals surface area contributed by atoms with Crippen molar-refractivity contribution in [2.24, 2.45) is 0 Å². The van der Waals surface area contributed by atoms with Gasteiger partial charge < -0.3 is 15.2 Å². The third-order valence-electron chi connectivity index (χ3n) is 2.71. The molecule has 1 aromatic rings. The molecule has 0 unspecified atom stereocenters. The van der Waals surface area contributed by atoms with Gasteiger partial charge in [0.1, 0.15) is 0 Å². The smallest absolute Gasteiger partial charge is 0.337 e. The Morgan fingerprint density at radius 1 is 1.24 bits per heavy atom. The molecule has 0 saturated carbocycles. The Hall–Kier alpha value is -2.56. The number of carboxylic acid groups (broad SMARTS) is 1. The van der Waals surface area contributed by atoms with Crippen molar-refractivity contribution in [3.05, 3.63) is 59.3 Å². The van der Waals surface area contributed by atoms with Crippen molar-refractivity contribution in [2.75, 3.05) is 6.61 Å². The number of hydrogen-bond acceptors (Lipinski definition) is 4. The summed E-state index contributed by atoms with van der Waals surface area (Å²) in [5.41, 5.74) is 1.54. The molecule has 0 aliphatic heterocycles. The fourth-order valence-corrected chi connectivity index (χ4v) is 1.62. The van der Waals surface area contributed by atoms with Crippen LogP contribution in [0.4, 0.5) is 0 Å². The summed E-state index contributed by atoms with van der Waals surface area (Å²) in [5, 5.41) is 12.2. The summed E-state index contributed by atoms with van der Waals surface area (Å²) in [5.74, 6) is -1.67. The Kier molecular flexibility index (Phi) is 6.74. The van der Waals surface area contributed by atoms with Crippen LogP contribution < -0.4 is 5.32 Å². The van der Waals surface area contributed by atoms with E-state index in [1.54, 1.807) is 13.8 Å². The fourth-order valence-electron chi connectivity index (χ4n) is 1.62. The minimum absolute atomic E-state index is 0.0268. The molecular formula is C16H19NO4. The Morgan fingerprint density at radius 2 is 1.90 bits per heavy atom. The van der Waals surface area contributed by atoms with Gasteiger partial charge in [0.15, 0.2) is 0 Å². The fraction of sp³-hybridized carbons (Fsp3) is 0.250. The predicted molar refractivity (Wildman–Crippen MR) is 79.4 cm³/mol. The summed E-state index contributed by atoms with van der Waals surface area (Å²) in [6, 6.07) is 9.62. The number of esters is 1. The number of benzene rings is 1. The van der Waals surface area contributed by atoms with Gasteiger partial charge in [0.05, 0.1) is 12.2 Å². The number of carboxylic acids is 1. The molecule has 2 N–H and O–H groups in total. The normalized spacial score (nSPS) is 11.9. The largest absolute Gasteiger partial charge is 0.478 e. The van der Waals surface area contributed by atoms with Gasteiger partial charge in [0.2, 0.25) is 0 Å². The first kappa shape index (κ1) is 16.5. The first-order valence-electron chi connectivity index (χ1n) is 6.61. The Morgan fingerprint density at radius 3 is 2.48 bits per heavy atom. The summed E-state index contributed by atoms with van der Waals surface area (Å²) in [6.07, 6.45) is 2.36. The molecule has 0 aliphatic carbocycles. The van der Waals surface area contributed by atoms with Crippen molar-refractivity contribution in [3.63, 3.8) is 0 Å². The van der Waals surface area contributed by atoms with Crippen molar-refractivity contribution in [1.29, 1.82) is 0 Å². The van der Waals surface area contributed by atoms with Gasteiger partial charge in [-0.05, 0) is 25.5 Å². The van der Waals surface area contributed by atoms with Gasteiger partial charge >= 0.3 is 11.9 Å². The maximum Gasteiger partial charge on any atom is 0.337 e. The zero-order valence-electron chi connectivity index (χ0n) is 12.1. The van der Waals surface area contributed by atoms with Crippen LogP contribution in [0.2, 0.25) is 0 Å². The van der Waals surface area contributed by atoms with E-state index in [0.717, 1.165) is 11.6 Å². The van der Waals surface area contributed by atoms with E-state index in [0.29, 0.717) is 12.2 Å². The van der Waals surface area contributed by atoms with E-state index < -0.39 is 11.9 Å². The zero-order valence-corrected chi connectivity index (χ0v) is 12.1. The minimum atomic E-state index is -1.10. The van der Waals surface area contributed by atoms with Gasteiger partial charge in [-0.3, -0.25) is 0 Å². The standard InChI is InChI=1S/C16H19NO4/c1-3-21-15(18)10-9-14(16(19)20)12(2)17-11-13-7-5-4-6-8-13/h4-10,17H,3,11H2,1-2H3,(H,19,20). The number of carbonyl (C=O) groups is 2. The van der Waals surface area contributed by atoms with Gasteiger partial charge in [-0.25, -0.2) is 9.59 Å². The first-order chi connectivity index (χ1) is 10.0. The first-order valence-corrected chi connectivity index (χ1v) is 6.61. The van der Waals surface area contributed by atoms with Gasteiger partial charge in [0.25, 0.3) is 0 Å². The lowest BCUT2D eigenvalue weighted by molar-refractivity contribution is -0.137. The molecular weight excluding hydrogens is 270 g/mol. The van der Waals surface area contributed by atoms with Gasteiger partial charge in [-0.15, -0.1) is 0 Å². The van der Waals surface area contributed by atoms with E-state index in [4.69, 9.17) is 4.74 Å². The average Bonchev–Trinajstić information content (AvgIpc) is 2.46. The summed E-state index contributed by atoms with van der Waals surface area (Å²) < 4.78 is 4.72. The van der Waals surface area contributed by atoms with Crippen LogP contribution in [0.3, 0.4) is 0 Å². The van der Waals surface area contributed by atoms with Crippen molar-refractivity contribution in [2.45, 2.75) is 20.4 Å². The second-order valence-electron chi connectivity index (χ2n) is 4.27. The van der Waals surface area contributed by atoms with Gasteiger partial charge in [-0.1, -0.05) is 30.3 Å². The second-order valence-corrected chi connectivity index (χ2v) is 4.27. The van der Waals surface area contributed by atoms with E-state index in [-0.39, 0.29) is 12.2 Å². The molecule has 0 radical (unpaired) electrons. The molecule has 5 heteroatoms. The molecule has 0 saturated heterocycles. The van der Waals surface area contributed by atoms with E-state index in [9.17, 15) is 14.7 Å². The highest BCUT2D eigenvalue weighted by Crippen LogP contribution is 2.06. The highest BCUT2D eigenvalue weighted by molar-refractivity contribution is 5.93. The highest BCUT2D eigenvalue weighted by Gasteiger charge is 2.09. The quantitative estimate of drug-likeness (QED) is 0.457. The van der Waals surface area contributed by atoms with Crippen LogP contribution in [0.1, 0.15) is 19.4 Å². The maximum atomic E-state index is 11.2. The summed E-state index contributed by atoms with van der Waals surface area (Å²) in [7, 11) is 0. The molecule has 1 rings (SSSR count). The molecule has 1 aromatic carbocycles. The molecule has 5 nitrogen and oxygen atoms in total. The maximum absolute atomic E-state index is 11.2. The van der Waals surface area contributed by atoms with Crippen LogP contribution in [0, 0.1) is 0 Å².